The number of hydrogen-bond acceptors (Lipinski definition) is 6. The maximum Gasteiger partial charge on any atom is 0.243 e. The Labute approximate surface area is 177 Å². The van der Waals surface area contributed by atoms with Crippen LogP contribution in [0.25, 0.3) is 0 Å². The Morgan fingerprint density at radius 2 is 1.83 bits per heavy atom. The van der Waals surface area contributed by atoms with E-state index in [1.807, 2.05) is 32.9 Å². The van der Waals surface area contributed by atoms with E-state index in [4.69, 9.17) is 14.5 Å². The van der Waals surface area contributed by atoms with Gasteiger partial charge < -0.3 is 14.8 Å². The highest BCUT2D eigenvalue weighted by Gasteiger charge is 2.34. The van der Waals surface area contributed by atoms with Gasteiger partial charge in [-0.05, 0) is 57.4 Å². The maximum atomic E-state index is 6.22. The van der Waals surface area contributed by atoms with Crippen molar-refractivity contribution in [3.63, 3.8) is 0 Å². The molecule has 0 fully saturated rings. The molecule has 1 aliphatic rings. The monoisotopic (exact) mass is 404 g/mol. The number of ether oxygens (including phenoxy) is 2. The Bertz CT molecular complexity index is 1050. The number of anilines is 1. The van der Waals surface area contributed by atoms with Crippen molar-refractivity contribution < 1.29 is 9.47 Å². The zero-order chi connectivity index (χ0) is 21.3. The smallest absolute Gasteiger partial charge is 0.243 e. The first-order valence-corrected chi connectivity index (χ1v) is 10.4. The molecule has 2 atom stereocenters. The summed E-state index contributed by atoms with van der Waals surface area (Å²) < 4.78 is 12.1. The highest BCUT2D eigenvalue weighted by molar-refractivity contribution is 5.49. The molecule has 0 aliphatic heterocycles. The lowest BCUT2D eigenvalue weighted by Crippen LogP contribution is -2.28. The summed E-state index contributed by atoms with van der Waals surface area (Å²) in [5.41, 5.74) is 5.13. The van der Waals surface area contributed by atoms with Crippen LogP contribution in [-0.4, -0.2) is 27.2 Å². The molecule has 1 aromatic carbocycles. The quantitative estimate of drug-likeness (QED) is 0.617. The van der Waals surface area contributed by atoms with E-state index in [1.54, 1.807) is 6.20 Å². The van der Waals surface area contributed by atoms with Gasteiger partial charge in [-0.3, -0.25) is 0 Å². The van der Waals surface area contributed by atoms with Gasteiger partial charge in [-0.2, -0.15) is 0 Å². The number of benzene rings is 1. The van der Waals surface area contributed by atoms with Crippen molar-refractivity contribution in [2.45, 2.75) is 59.3 Å². The first-order valence-electron chi connectivity index (χ1n) is 10.4. The van der Waals surface area contributed by atoms with Gasteiger partial charge in [-0.1, -0.05) is 24.3 Å². The Balaban J connectivity index is 1.60. The van der Waals surface area contributed by atoms with Crippen LogP contribution in [-0.2, 0) is 11.2 Å². The molecule has 6 nitrogen and oxygen atoms in total. The summed E-state index contributed by atoms with van der Waals surface area (Å²) in [5.74, 6) is 1.73. The van der Waals surface area contributed by atoms with Crippen LogP contribution in [0.2, 0.25) is 0 Å². The molecule has 30 heavy (non-hydrogen) atoms. The van der Waals surface area contributed by atoms with Gasteiger partial charge in [0.25, 0.3) is 0 Å². The van der Waals surface area contributed by atoms with Crippen LogP contribution in [0.3, 0.4) is 0 Å². The molecule has 2 aromatic heterocycles. The van der Waals surface area contributed by atoms with E-state index in [-0.39, 0.29) is 18.2 Å². The van der Waals surface area contributed by atoms with Crippen LogP contribution in [0.15, 0.2) is 42.6 Å². The highest BCUT2D eigenvalue weighted by atomic mass is 16.5. The van der Waals surface area contributed by atoms with E-state index in [9.17, 15) is 0 Å². The van der Waals surface area contributed by atoms with Crippen LogP contribution in [0.1, 0.15) is 48.0 Å². The normalized spacial score (nSPS) is 17.8. The summed E-state index contributed by atoms with van der Waals surface area (Å²) in [4.78, 5) is 13.7. The summed E-state index contributed by atoms with van der Waals surface area (Å²) in [5, 5.41) is 3.59. The van der Waals surface area contributed by atoms with Crippen molar-refractivity contribution in [2.75, 3.05) is 5.32 Å². The van der Waals surface area contributed by atoms with Crippen molar-refractivity contribution in [1.82, 2.24) is 15.0 Å². The first kappa shape index (κ1) is 20.3. The summed E-state index contributed by atoms with van der Waals surface area (Å²) >= 11 is 0. The van der Waals surface area contributed by atoms with Crippen LogP contribution < -0.4 is 10.1 Å². The van der Waals surface area contributed by atoms with E-state index in [2.05, 4.69) is 53.4 Å². The summed E-state index contributed by atoms with van der Waals surface area (Å²) in [6.45, 7) is 9.97. The number of pyridine rings is 1. The summed E-state index contributed by atoms with van der Waals surface area (Å²) in [6, 6.07) is 12.3. The van der Waals surface area contributed by atoms with Gasteiger partial charge in [-0.25, -0.2) is 15.0 Å². The van der Waals surface area contributed by atoms with E-state index < -0.39 is 0 Å². The molecule has 1 aliphatic carbocycles. The fourth-order valence-corrected chi connectivity index (χ4v) is 3.83. The molecule has 0 bridgehead atoms. The summed E-state index contributed by atoms with van der Waals surface area (Å²) in [7, 11) is 0. The Morgan fingerprint density at radius 1 is 1.03 bits per heavy atom. The zero-order valence-electron chi connectivity index (χ0n) is 18.1. The lowest BCUT2D eigenvalue weighted by Gasteiger charge is -2.25. The molecule has 0 spiro atoms. The maximum absolute atomic E-state index is 6.22. The standard InChI is InChI=1S/C24H28N4O2/c1-14(2)29-20-13-18-8-6-7-9-19(18)22(20)28-23-16(4)27-24(17(5)26-23)30-21-12-15(3)10-11-25-21/h6-12,14,20,22H,13H2,1-5H3,(H,26,28)/t20-,22+/m0/s1. The van der Waals surface area contributed by atoms with Crippen molar-refractivity contribution in [2.24, 2.45) is 0 Å². The molecular weight excluding hydrogens is 376 g/mol. The van der Waals surface area contributed by atoms with Gasteiger partial charge in [0.1, 0.15) is 11.5 Å². The number of nitrogens with one attached hydrogen (secondary N) is 1. The molecule has 3 aromatic rings. The molecule has 0 unspecified atom stereocenters. The second-order valence-electron chi connectivity index (χ2n) is 8.07. The fourth-order valence-electron chi connectivity index (χ4n) is 3.83. The van der Waals surface area contributed by atoms with E-state index >= 15 is 0 Å². The number of hydrogen-bond donors (Lipinski definition) is 1. The van der Waals surface area contributed by atoms with E-state index in [0.29, 0.717) is 17.5 Å². The van der Waals surface area contributed by atoms with Gasteiger partial charge in [0, 0.05) is 18.7 Å². The number of aryl methyl sites for hydroxylation is 3. The number of nitrogens with zero attached hydrogens (tertiary/aromatic N) is 3. The average molecular weight is 405 g/mol. The molecule has 0 amide bonds. The van der Waals surface area contributed by atoms with Crippen molar-refractivity contribution >= 4 is 5.82 Å². The minimum atomic E-state index is 0.0289. The topological polar surface area (TPSA) is 69.2 Å². The van der Waals surface area contributed by atoms with E-state index in [0.717, 1.165) is 23.5 Å². The first-order chi connectivity index (χ1) is 14.4. The summed E-state index contributed by atoms with van der Waals surface area (Å²) in [6.07, 6.45) is 2.82. The van der Waals surface area contributed by atoms with Crippen LogP contribution in [0.5, 0.6) is 11.8 Å². The molecule has 0 saturated heterocycles. The molecule has 0 radical (unpaired) electrons. The average Bonchev–Trinajstić information content (AvgIpc) is 3.02. The number of aromatic nitrogens is 3. The lowest BCUT2D eigenvalue weighted by atomic mass is 10.1. The predicted molar refractivity (Wildman–Crippen MR) is 117 cm³/mol. The number of rotatable bonds is 6. The molecule has 6 heteroatoms. The van der Waals surface area contributed by atoms with Crippen LogP contribution in [0.4, 0.5) is 5.82 Å². The van der Waals surface area contributed by atoms with Crippen molar-refractivity contribution in [1.29, 1.82) is 0 Å². The minimum Gasteiger partial charge on any atom is -0.419 e. The molecule has 2 heterocycles. The lowest BCUT2D eigenvalue weighted by molar-refractivity contribution is 0.00372. The van der Waals surface area contributed by atoms with Crippen molar-refractivity contribution in [3.05, 3.63) is 70.7 Å². The SMILES string of the molecule is Cc1ccnc(Oc2nc(C)c(N[C@@H]3c4ccccc4C[C@@H]3OC(C)C)nc2C)c1. The van der Waals surface area contributed by atoms with Gasteiger partial charge in [0.15, 0.2) is 0 Å². The molecule has 4 rings (SSSR count). The zero-order valence-corrected chi connectivity index (χ0v) is 18.1. The largest absolute Gasteiger partial charge is 0.419 e. The minimum absolute atomic E-state index is 0.0289. The van der Waals surface area contributed by atoms with Gasteiger partial charge in [-0.15, -0.1) is 0 Å². The predicted octanol–water partition coefficient (Wildman–Crippen LogP) is 5.09. The molecule has 0 saturated carbocycles. The Kier molecular flexibility index (Phi) is 5.68. The van der Waals surface area contributed by atoms with Crippen molar-refractivity contribution in [3.8, 4) is 11.8 Å². The highest BCUT2D eigenvalue weighted by Crippen LogP contribution is 2.37. The van der Waals surface area contributed by atoms with Crippen LogP contribution >= 0.6 is 0 Å². The number of fused-ring (bicyclic) bond motifs is 1. The van der Waals surface area contributed by atoms with Crippen LogP contribution in [0, 0.1) is 20.8 Å². The fraction of sp³-hybridized carbons (Fsp3) is 0.375. The third-order valence-corrected chi connectivity index (χ3v) is 5.21. The van der Waals surface area contributed by atoms with E-state index in [1.165, 1.54) is 11.1 Å². The van der Waals surface area contributed by atoms with Gasteiger partial charge >= 0.3 is 0 Å². The second-order valence-corrected chi connectivity index (χ2v) is 8.07. The third-order valence-electron chi connectivity index (χ3n) is 5.21. The third kappa shape index (κ3) is 4.28. The molecule has 156 valence electrons. The molecule has 1 N–H and O–H groups in total. The van der Waals surface area contributed by atoms with Gasteiger partial charge in [0.05, 0.1) is 23.9 Å². The molecular formula is C24H28N4O2. The Morgan fingerprint density at radius 3 is 2.60 bits per heavy atom. The second kappa shape index (κ2) is 8.40. The Hall–Kier alpha value is -2.99. The van der Waals surface area contributed by atoms with Gasteiger partial charge in [0.2, 0.25) is 11.8 Å².